The molecule has 1 rings (SSSR count). The van der Waals surface area contributed by atoms with Crippen LogP contribution in [0.4, 0.5) is 5.82 Å². The van der Waals surface area contributed by atoms with E-state index in [1.165, 1.54) is 0 Å². The topological polar surface area (TPSA) is 90.1 Å². The molecule has 3 N–H and O–H groups in total. The molecule has 0 aliphatic heterocycles. The fraction of sp³-hybridized carbons (Fsp3) is 0.375. The lowest BCUT2D eigenvalue weighted by atomic mass is 10.3. The number of nitrogens with one attached hydrogen (secondary N) is 1. The summed E-state index contributed by atoms with van der Waals surface area (Å²) in [7, 11) is 0. The molecule has 0 aromatic carbocycles. The molecule has 7 heteroatoms. The SMILES string of the molecule is C[C@H](Nc1ccnc(CI)n1)C(=O)ON. The summed E-state index contributed by atoms with van der Waals surface area (Å²) < 4.78 is 0.711. The lowest BCUT2D eigenvalue weighted by Gasteiger charge is -2.11. The van der Waals surface area contributed by atoms with Gasteiger partial charge in [0, 0.05) is 6.20 Å². The first kappa shape index (κ1) is 12.1. The lowest BCUT2D eigenvalue weighted by Crippen LogP contribution is -2.30. The number of halogens is 1. The molecule has 0 aliphatic rings. The van der Waals surface area contributed by atoms with Gasteiger partial charge >= 0.3 is 5.97 Å². The van der Waals surface area contributed by atoms with Gasteiger partial charge in [0.1, 0.15) is 17.7 Å². The Balaban J connectivity index is 2.67. The number of hydrogen-bond donors (Lipinski definition) is 2. The van der Waals surface area contributed by atoms with E-state index in [0.717, 1.165) is 0 Å². The van der Waals surface area contributed by atoms with Gasteiger partial charge < -0.3 is 10.2 Å². The molecule has 0 saturated heterocycles. The van der Waals surface area contributed by atoms with Crippen LogP contribution in [0.3, 0.4) is 0 Å². The van der Waals surface area contributed by atoms with Gasteiger partial charge in [0.15, 0.2) is 0 Å². The molecular formula is C8H11IN4O2. The molecule has 6 nitrogen and oxygen atoms in total. The Morgan fingerprint density at radius 1 is 1.80 bits per heavy atom. The van der Waals surface area contributed by atoms with Gasteiger partial charge in [0.2, 0.25) is 0 Å². The maximum Gasteiger partial charge on any atom is 0.346 e. The van der Waals surface area contributed by atoms with Gasteiger partial charge in [-0.15, -0.1) is 0 Å². The molecule has 1 aromatic rings. The van der Waals surface area contributed by atoms with E-state index in [1.54, 1.807) is 19.2 Å². The number of nitrogens with zero attached hydrogens (tertiary/aromatic N) is 2. The number of nitrogens with two attached hydrogens (primary N) is 1. The second-order valence-corrected chi connectivity index (χ2v) is 3.56. The van der Waals surface area contributed by atoms with E-state index in [2.05, 4.69) is 42.7 Å². The zero-order valence-corrected chi connectivity index (χ0v) is 10.3. The third-order valence-electron chi connectivity index (χ3n) is 1.66. The van der Waals surface area contributed by atoms with Gasteiger partial charge in [-0.2, -0.15) is 5.90 Å². The first-order valence-electron chi connectivity index (χ1n) is 4.22. The highest BCUT2D eigenvalue weighted by molar-refractivity contribution is 14.1. The fourth-order valence-corrected chi connectivity index (χ4v) is 1.29. The molecule has 1 atom stereocenters. The Bertz CT molecular complexity index is 347. The molecule has 0 spiro atoms. The number of alkyl halides is 1. The lowest BCUT2D eigenvalue weighted by molar-refractivity contribution is -0.144. The quantitative estimate of drug-likeness (QED) is 0.480. The summed E-state index contributed by atoms with van der Waals surface area (Å²) in [5.74, 6) is 5.50. The number of aromatic nitrogens is 2. The highest BCUT2D eigenvalue weighted by Crippen LogP contribution is 2.06. The molecule has 82 valence electrons. The zero-order valence-electron chi connectivity index (χ0n) is 8.11. The van der Waals surface area contributed by atoms with Crippen molar-refractivity contribution in [2.45, 2.75) is 17.4 Å². The Labute approximate surface area is 101 Å². The first-order chi connectivity index (χ1) is 7.17. The molecule has 0 fully saturated rings. The molecule has 1 aromatic heterocycles. The predicted molar refractivity (Wildman–Crippen MR) is 63.1 cm³/mol. The molecule has 0 saturated carbocycles. The summed E-state index contributed by atoms with van der Waals surface area (Å²) in [4.78, 5) is 23.3. The highest BCUT2D eigenvalue weighted by Gasteiger charge is 2.13. The van der Waals surface area contributed by atoms with Gasteiger partial charge in [-0.05, 0) is 13.0 Å². The highest BCUT2D eigenvalue weighted by atomic mass is 127. The normalized spacial score (nSPS) is 11.9. The minimum Gasteiger partial charge on any atom is -0.372 e. The maximum atomic E-state index is 11.0. The van der Waals surface area contributed by atoms with Crippen LogP contribution in [0.15, 0.2) is 12.3 Å². The van der Waals surface area contributed by atoms with Gasteiger partial charge in [0.05, 0.1) is 4.43 Å². The largest absolute Gasteiger partial charge is 0.372 e. The average molecular weight is 322 g/mol. The van der Waals surface area contributed by atoms with E-state index in [4.69, 9.17) is 5.90 Å². The molecule has 0 amide bonds. The molecular weight excluding hydrogens is 311 g/mol. The molecule has 15 heavy (non-hydrogen) atoms. The van der Waals surface area contributed by atoms with Crippen LogP contribution in [-0.4, -0.2) is 22.0 Å². The van der Waals surface area contributed by atoms with E-state index in [9.17, 15) is 4.79 Å². The van der Waals surface area contributed by atoms with E-state index in [1.807, 2.05) is 0 Å². The van der Waals surface area contributed by atoms with Crippen molar-refractivity contribution < 1.29 is 9.63 Å². The predicted octanol–water partition coefficient (Wildman–Crippen LogP) is 0.629. The van der Waals surface area contributed by atoms with E-state index in [-0.39, 0.29) is 0 Å². The standard InChI is InChI=1S/C8H11IN4O2/c1-5(8(14)15-10)12-6-2-3-11-7(4-9)13-6/h2-3,5H,4,10H2,1H3,(H,11,12,13)/t5-/m0/s1. The summed E-state index contributed by atoms with van der Waals surface area (Å²) in [5.41, 5.74) is 0. The second kappa shape index (κ2) is 5.81. The smallest absolute Gasteiger partial charge is 0.346 e. The van der Waals surface area contributed by atoms with Crippen LogP contribution >= 0.6 is 22.6 Å². The Morgan fingerprint density at radius 2 is 2.53 bits per heavy atom. The third-order valence-corrected chi connectivity index (χ3v) is 2.34. The van der Waals surface area contributed by atoms with Gasteiger partial charge in [-0.25, -0.2) is 14.8 Å². The Kier molecular flexibility index (Phi) is 4.69. The van der Waals surface area contributed by atoms with Crippen molar-refractivity contribution in [2.75, 3.05) is 5.32 Å². The van der Waals surface area contributed by atoms with Crippen LogP contribution in [0.1, 0.15) is 12.7 Å². The Hall–Kier alpha value is -0.960. The molecule has 0 radical (unpaired) electrons. The maximum absolute atomic E-state index is 11.0. The summed E-state index contributed by atoms with van der Waals surface area (Å²) in [5, 5.41) is 2.86. The number of rotatable bonds is 4. The van der Waals surface area contributed by atoms with Crippen molar-refractivity contribution in [3.05, 3.63) is 18.1 Å². The van der Waals surface area contributed by atoms with Crippen molar-refractivity contribution in [3.8, 4) is 0 Å². The summed E-state index contributed by atoms with van der Waals surface area (Å²) in [6.07, 6.45) is 1.63. The van der Waals surface area contributed by atoms with Crippen molar-refractivity contribution >= 4 is 34.4 Å². The van der Waals surface area contributed by atoms with Crippen molar-refractivity contribution in [1.29, 1.82) is 0 Å². The summed E-state index contributed by atoms with van der Waals surface area (Å²) in [6.45, 7) is 1.64. The average Bonchev–Trinajstić information content (AvgIpc) is 2.28. The number of carbonyl (C=O) groups excluding carboxylic acids is 1. The Morgan fingerprint density at radius 3 is 3.13 bits per heavy atom. The van der Waals surface area contributed by atoms with Gasteiger partial charge in [-0.1, -0.05) is 22.6 Å². The number of hydrogen-bond acceptors (Lipinski definition) is 6. The van der Waals surface area contributed by atoms with Crippen LogP contribution in [-0.2, 0) is 14.1 Å². The monoisotopic (exact) mass is 322 g/mol. The first-order valence-corrected chi connectivity index (χ1v) is 5.75. The molecule has 0 unspecified atom stereocenters. The number of carbonyl (C=O) groups is 1. The van der Waals surface area contributed by atoms with E-state index in [0.29, 0.717) is 16.1 Å². The van der Waals surface area contributed by atoms with Crippen LogP contribution in [0.5, 0.6) is 0 Å². The number of anilines is 1. The van der Waals surface area contributed by atoms with Crippen LogP contribution in [0, 0.1) is 0 Å². The summed E-state index contributed by atoms with van der Waals surface area (Å²) in [6, 6.07) is 1.14. The van der Waals surface area contributed by atoms with E-state index >= 15 is 0 Å². The minimum absolute atomic E-state index is 0.535. The summed E-state index contributed by atoms with van der Waals surface area (Å²) >= 11 is 2.16. The molecule has 0 aliphatic carbocycles. The van der Waals surface area contributed by atoms with Gasteiger partial charge in [-0.3, -0.25) is 0 Å². The van der Waals surface area contributed by atoms with Crippen molar-refractivity contribution in [3.63, 3.8) is 0 Å². The van der Waals surface area contributed by atoms with Crippen LogP contribution < -0.4 is 11.2 Å². The van der Waals surface area contributed by atoms with Crippen LogP contribution in [0.25, 0.3) is 0 Å². The van der Waals surface area contributed by atoms with Gasteiger partial charge in [0.25, 0.3) is 0 Å². The third kappa shape index (κ3) is 3.59. The van der Waals surface area contributed by atoms with Crippen LogP contribution in [0.2, 0.25) is 0 Å². The molecule has 1 heterocycles. The second-order valence-electron chi connectivity index (χ2n) is 2.79. The zero-order chi connectivity index (χ0) is 11.3. The van der Waals surface area contributed by atoms with E-state index < -0.39 is 12.0 Å². The van der Waals surface area contributed by atoms with Crippen molar-refractivity contribution in [1.82, 2.24) is 9.97 Å². The minimum atomic E-state index is -0.537. The fourth-order valence-electron chi connectivity index (χ4n) is 0.927. The molecule has 0 bridgehead atoms. The van der Waals surface area contributed by atoms with Crippen molar-refractivity contribution in [2.24, 2.45) is 5.90 Å².